The van der Waals surface area contributed by atoms with E-state index >= 15 is 0 Å². The van der Waals surface area contributed by atoms with E-state index in [2.05, 4.69) is 25.4 Å². The molecule has 0 heterocycles. The number of aliphatic imine (C=N–C) groups is 1. The fraction of sp³-hybridized carbons (Fsp3) is 0.400. The van der Waals surface area contributed by atoms with Crippen molar-refractivity contribution in [2.24, 2.45) is 10.9 Å². The summed E-state index contributed by atoms with van der Waals surface area (Å²) in [4.78, 5) is 4.39. The number of nitrogens with zero attached hydrogens (tertiary/aromatic N) is 1. The van der Waals surface area contributed by atoms with Crippen LogP contribution >= 0.6 is 0 Å². The summed E-state index contributed by atoms with van der Waals surface area (Å²) in [5, 5.41) is 0. The van der Waals surface area contributed by atoms with Crippen LogP contribution in [0, 0.1) is 5.92 Å². The van der Waals surface area contributed by atoms with E-state index in [1.165, 1.54) is 5.57 Å². The molecule has 0 aliphatic carbocycles. The van der Waals surface area contributed by atoms with Crippen molar-refractivity contribution in [3.8, 4) is 0 Å². The number of rotatable bonds is 6. The SMILES string of the molecule is C=C(C/N=C/C(/C=C\C)=C/C=C\C)C(C)C. The third-order valence-electron chi connectivity index (χ3n) is 2.19. The van der Waals surface area contributed by atoms with Crippen molar-refractivity contribution >= 4 is 6.21 Å². The van der Waals surface area contributed by atoms with Gasteiger partial charge in [-0.25, -0.2) is 0 Å². The Morgan fingerprint density at radius 3 is 2.44 bits per heavy atom. The van der Waals surface area contributed by atoms with E-state index in [-0.39, 0.29) is 0 Å². The first-order chi connectivity index (χ1) is 7.61. The maximum absolute atomic E-state index is 4.39. The van der Waals surface area contributed by atoms with Gasteiger partial charge in [0.15, 0.2) is 0 Å². The van der Waals surface area contributed by atoms with E-state index in [1.807, 2.05) is 50.4 Å². The van der Waals surface area contributed by atoms with E-state index < -0.39 is 0 Å². The molecule has 0 saturated heterocycles. The monoisotopic (exact) mass is 217 g/mol. The molecule has 0 fully saturated rings. The van der Waals surface area contributed by atoms with Crippen LogP contribution in [-0.2, 0) is 0 Å². The Balaban J connectivity index is 4.41. The summed E-state index contributed by atoms with van der Waals surface area (Å²) in [5.41, 5.74) is 2.28. The van der Waals surface area contributed by atoms with Crippen LogP contribution in [0.4, 0.5) is 0 Å². The summed E-state index contributed by atoms with van der Waals surface area (Å²) >= 11 is 0. The van der Waals surface area contributed by atoms with Crippen LogP contribution in [0.5, 0.6) is 0 Å². The smallest absolute Gasteiger partial charge is 0.0599 e. The van der Waals surface area contributed by atoms with Crippen molar-refractivity contribution in [1.82, 2.24) is 0 Å². The third kappa shape index (κ3) is 6.99. The minimum Gasteiger partial charge on any atom is -0.288 e. The Labute approximate surface area is 100.0 Å². The normalized spacial score (nSPS) is 13.7. The van der Waals surface area contributed by atoms with E-state index in [1.54, 1.807) is 0 Å². The molecule has 0 radical (unpaired) electrons. The molecule has 1 heteroatoms. The molecule has 0 aliphatic rings. The molecular weight excluding hydrogens is 194 g/mol. The Bertz CT molecular complexity index is 314. The molecule has 0 saturated carbocycles. The molecule has 0 N–H and O–H groups in total. The molecule has 0 aliphatic heterocycles. The van der Waals surface area contributed by atoms with Crippen LogP contribution in [0.2, 0.25) is 0 Å². The van der Waals surface area contributed by atoms with Crippen LogP contribution in [0.15, 0.2) is 53.1 Å². The molecule has 88 valence electrons. The van der Waals surface area contributed by atoms with Gasteiger partial charge in [0.2, 0.25) is 0 Å². The zero-order chi connectivity index (χ0) is 12.4. The Morgan fingerprint density at radius 2 is 1.94 bits per heavy atom. The summed E-state index contributed by atoms with van der Waals surface area (Å²) in [6.07, 6.45) is 12.0. The van der Waals surface area contributed by atoms with Gasteiger partial charge in [-0.2, -0.15) is 0 Å². The van der Waals surface area contributed by atoms with Gasteiger partial charge in [0.1, 0.15) is 0 Å². The van der Waals surface area contributed by atoms with Crippen molar-refractivity contribution in [3.05, 3.63) is 48.1 Å². The lowest BCUT2D eigenvalue weighted by Gasteiger charge is -2.04. The number of allylic oxidation sites excluding steroid dienone is 6. The number of hydrogen-bond acceptors (Lipinski definition) is 1. The lowest BCUT2D eigenvalue weighted by Crippen LogP contribution is -1.96. The fourth-order valence-corrected chi connectivity index (χ4v) is 0.992. The minimum atomic E-state index is 0.502. The second kappa shape index (κ2) is 8.90. The summed E-state index contributed by atoms with van der Waals surface area (Å²) in [6, 6.07) is 0. The summed E-state index contributed by atoms with van der Waals surface area (Å²) < 4.78 is 0. The highest BCUT2D eigenvalue weighted by Gasteiger charge is 1.96. The number of hydrogen-bond donors (Lipinski definition) is 0. The van der Waals surface area contributed by atoms with Gasteiger partial charge in [-0.15, -0.1) is 0 Å². The van der Waals surface area contributed by atoms with E-state index in [0.717, 1.165) is 5.57 Å². The third-order valence-corrected chi connectivity index (χ3v) is 2.19. The van der Waals surface area contributed by atoms with Crippen molar-refractivity contribution in [1.29, 1.82) is 0 Å². The summed E-state index contributed by atoms with van der Waals surface area (Å²) in [5.74, 6) is 0.502. The highest BCUT2D eigenvalue weighted by Crippen LogP contribution is 2.06. The highest BCUT2D eigenvalue weighted by atomic mass is 14.7. The molecule has 0 unspecified atom stereocenters. The average molecular weight is 217 g/mol. The Morgan fingerprint density at radius 1 is 1.25 bits per heavy atom. The van der Waals surface area contributed by atoms with Gasteiger partial charge in [0, 0.05) is 6.21 Å². The summed E-state index contributed by atoms with van der Waals surface area (Å²) in [7, 11) is 0. The summed E-state index contributed by atoms with van der Waals surface area (Å²) in [6.45, 7) is 13.0. The first-order valence-corrected chi connectivity index (χ1v) is 5.75. The first kappa shape index (κ1) is 14.6. The maximum Gasteiger partial charge on any atom is 0.0599 e. The molecule has 0 aromatic carbocycles. The van der Waals surface area contributed by atoms with E-state index in [9.17, 15) is 0 Å². The van der Waals surface area contributed by atoms with Gasteiger partial charge in [-0.3, -0.25) is 4.99 Å². The first-order valence-electron chi connectivity index (χ1n) is 5.75. The lowest BCUT2D eigenvalue weighted by molar-refractivity contribution is 0.751. The molecule has 0 bridgehead atoms. The van der Waals surface area contributed by atoms with Crippen molar-refractivity contribution in [3.63, 3.8) is 0 Å². The van der Waals surface area contributed by atoms with Crippen LogP contribution in [-0.4, -0.2) is 12.8 Å². The van der Waals surface area contributed by atoms with Crippen molar-refractivity contribution in [2.45, 2.75) is 27.7 Å². The molecule has 0 aromatic rings. The second-order valence-electron chi connectivity index (χ2n) is 3.98. The molecule has 1 nitrogen and oxygen atoms in total. The topological polar surface area (TPSA) is 12.4 Å². The van der Waals surface area contributed by atoms with Crippen molar-refractivity contribution < 1.29 is 0 Å². The van der Waals surface area contributed by atoms with Gasteiger partial charge in [-0.1, -0.05) is 56.4 Å². The zero-order valence-electron chi connectivity index (χ0n) is 10.9. The average Bonchev–Trinajstić information content (AvgIpc) is 2.25. The van der Waals surface area contributed by atoms with Gasteiger partial charge in [0.25, 0.3) is 0 Å². The van der Waals surface area contributed by atoms with Crippen LogP contribution < -0.4 is 0 Å². The molecule has 0 atom stereocenters. The van der Waals surface area contributed by atoms with Gasteiger partial charge in [-0.05, 0) is 25.3 Å². The predicted octanol–water partition coefficient (Wildman–Crippen LogP) is 4.35. The van der Waals surface area contributed by atoms with Crippen molar-refractivity contribution in [2.75, 3.05) is 6.54 Å². The molecule has 0 aromatic heterocycles. The maximum atomic E-state index is 4.39. The molecule has 0 rings (SSSR count). The fourth-order valence-electron chi connectivity index (χ4n) is 0.992. The lowest BCUT2D eigenvalue weighted by atomic mass is 10.1. The van der Waals surface area contributed by atoms with Gasteiger partial charge >= 0.3 is 0 Å². The quantitative estimate of drug-likeness (QED) is 0.356. The van der Waals surface area contributed by atoms with Crippen LogP contribution in [0.1, 0.15) is 27.7 Å². The predicted molar refractivity (Wildman–Crippen MR) is 75.0 cm³/mol. The standard InChI is InChI=1S/C15H23N/c1-6-8-10-15(9-7-2)12-16-11-14(5)13(3)4/h6-10,12-13H,5,11H2,1-4H3/b8-6-,9-7-,15-10+,16-12+. The second-order valence-corrected chi connectivity index (χ2v) is 3.98. The largest absolute Gasteiger partial charge is 0.288 e. The molecule has 0 spiro atoms. The molecule has 0 amide bonds. The highest BCUT2D eigenvalue weighted by molar-refractivity contribution is 5.82. The Kier molecular flexibility index (Phi) is 8.14. The minimum absolute atomic E-state index is 0.502. The molecular formula is C15H23N. The Hall–Kier alpha value is -1.37. The van der Waals surface area contributed by atoms with E-state index in [0.29, 0.717) is 12.5 Å². The van der Waals surface area contributed by atoms with Gasteiger partial charge < -0.3 is 0 Å². The van der Waals surface area contributed by atoms with Crippen LogP contribution in [0.25, 0.3) is 0 Å². The van der Waals surface area contributed by atoms with E-state index in [4.69, 9.17) is 0 Å². The van der Waals surface area contributed by atoms with Gasteiger partial charge in [0.05, 0.1) is 6.54 Å². The molecule has 16 heavy (non-hydrogen) atoms. The van der Waals surface area contributed by atoms with Crippen LogP contribution in [0.3, 0.4) is 0 Å². The zero-order valence-corrected chi connectivity index (χ0v) is 10.9.